The molecule has 670 valence electrons. The molecule has 12 aromatic rings. The number of nitrogen functional groups attached to an aromatic ring is 1. The number of benzene rings is 8. The third kappa shape index (κ3) is 31.0. The molecule has 8 aromatic carbocycles. The number of carbonyl (C=O) groups is 8. The van der Waals surface area contributed by atoms with E-state index in [1.54, 1.807) is 50.0 Å². The summed E-state index contributed by atoms with van der Waals surface area (Å²) in [5.41, 5.74) is 24.1. The number of hydrogen-bond donors (Lipinski definition) is 1. The number of ketones is 4. The summed E-state index contributed by atoms with van der Waals surface area (Å²) in [6.07, 6.45) is 12.6. The van der Waals surface area contributed by atoms with Gasteiger partial charge in [-0.25, -0.2) is 19.9 Å². The van der Waals surface area contributed by atoms with Crippen LogP contribution in [0.2, 0.25) is 5.15 Å². The monoisotopic (exact) mass is 1750 g/mol. The van der Waals surface area contributed by atoms with Crippen LogP contribution in [0.15, 0.2) is 267 Å². The van der Waals surface area contributed by atoms with Crippen LogP contribution >= 0.6 is 11.6 Å². The van der Waals surface area contributed by atoms with Gasteiger partial charge in [0.2, 0.25) is 35.5 Å². The van der Waals surface area contributed by atoms with E-state index < -0.39 is 5.95 Å². The number of Topliss-reactive ketones (excluding diaryl/α,β-unsaturated/α-hetero) is 4. The molecule has 0 aliphatic rings. The zero-order valence-electron chi connectivity index (χ0n) is 76.6. The fraction of sp³-hybridized carbons (Fsp3) is 0.303. The first kappa shape index (κ1) is 99.5. The van der Waals surface area contributed by atoms with Crippen LogP contribution in [0, 0.1) is 29.6 Å². The van der Waals surface area contributed by atoms with E-state index in [0.29, 0.717) is 166 Å². The summed E-state index contributed by atoms with van der Waals surface area (Å²) in [5.74, 6) is 2.95. The minimum atomic E-state index is -0.520. The van der Waals surface area contributed by atoms with Crippen LogP contribution in [0.1, 0.15) is 198 Å². The van der Waals surface area contributed by atoms with Gasteiger partial charge in [-0.05, 0) is 183 Å². The molecule has 2 N–H and O–H groups in total. The number of amides is 4. The minimum absolute atomic E-state index is 0.0404. The molecule has 4 aromatic heterocycles. The van der Waals surface area contributed by atoms with E-state index in [-0.39, 0.29) is 46.8 Å². The van der Waals surface area contributed by atoms with Crippen molar-refractivity contribution in [3.05, 3.63) is 323 Å². The SMILES string of the molecule is CCC(=O)N(CC(C)C)c1ccc(-c2ccc(C(=O)CCc3ccc(Cl)nc3)cc2)cc1.CCC(=O)N(CC(C)C)c1ccc(-c2ccc(C(=O)CCc3ccc(F)nc3)cc2)cc1.CCC(=O)N(CC(C)C)c1ccc(-c2ccc(C(=O)CCc3ccc(N)nc3)cc2)cc1.CCC(=O)N(CC(C)C)c1ccc(-c2ccc(C(=O)CCc3ccc(OC)nc3)cc2)cc1. The predicted octanol–water partition coefficient (Wildman–Crippen LogP) is 24.2. The Labute approximate surface area is 765 Å². The fourth-order valence-electron chi connectivity index (χ4n) is 14.3. The Hall–Kier alpha value is -13.3. The summed E-state index contributed by atoms with van der Waals surface area (Å²) in [6.45, 7) is 27.2. The number of pyridine rings is 4. The van der Waals surface area contributed by atoms with Gasteiger partial charge < -0.3 is 30.1 Å². The standard InChI is InChI=1S/C28H32N2O3.C27H29ClN2O2.C27H29FN2O2.C27H31N3O2/c1-5-28(32)30(19-20(2)3)25-14-12-23(13-15-25)22-8-10-24(11-9-22)26(31)16-6-21-7-17-27(33-4)29-18-21;3*1-4-27(32)30(18-19(2)3)24-13-11-22(12-14-24)21-7-9-23(10-8-21)25(31)15-5-20-6-16-26(28)29-17-20/h7-15,17-18,20H,5-6,16,19H2,1-4H3;2*6-14,16-17,19H,4-5,15,18H2,1-3H3;6-14,16-17,19H,4-5,15,18H2,1-3H3,(H2,28,29). The molecule has 0 aliphatic carbocycles. The number of nitrogens with two attached hydrogens (primary N) is 1. The van der Waals surface area contributed by atoms with E-state index in [1.165, 1.54) is 12.3 Å². The molecule has 0 saturated heterocycles. The first-order chi connectivity index (χ1) is 62.0. The Morgan fingerprint density at radius 2 is 0.543 bits per heavy atom. The number of aromatic nitrogens is 4. The maximum Gasteiger partial charge on any atom is 0.226 e. The van der Waals surface area contributed by atoms with Gasteiger partial charge in [-0.3, -0.25) is 38.4 Å². The largest absolute Gasteiger partial charge is 0.481 e. The number of hydrogen-bond acceptors (Lipinski definition) is 14. The van der Waals surface area contributed by atoms with Gasteiger partial charge in [0.15, 0.2) is 23.1 Å². The van der Waals surface area contributed by atoms with Crippen molar-refractivity contribution in [2.45, 2.75) is 160 Å². The third-order valence-corrected chi connectivity index (χ3v) is 21.7. The molecule has 0 saturated carbocycles. The van der Waals surface area contributed by atoms with Crippen molar-refractivity contribution in [2.75, 3.05) is 58.6 Å². The van der Waals surface area contributed by atoms with Crippen LogP contribution in [0.3, 0.4) is 0 Å². The summed E-state index contributed by atoms with van der Waals surface area (Å²) in [4.78, 5) is 123. The van der Waals surface area contributed by atoms with Gasteiger partial charge in [0.1, 0.15) is 11.0 Å². The number of rotatable bonds is 37. The van der Waals surface area contributed by atoms with Gasteiger partial charge in [-0.2, -0.15) is 4.39 Å². The van der Waals surface area contributed by atoms with Crippen molar-refractivity contribution in [2.24, 2.45) is 23.7 Å². The van der Waals surface area contributed by atoms with Gasteiger partial charge in [0.05, 0.1) is 7.11 Å². The first-order valence-electron chi connectivity index (χ1n) is 44.6. The second-order valence-corrected chi connectivity index (χ2v) is 33.9. The van der Waals surface area contributed by atoms with E-state index >= 15 is 0 Å². The minimum Gasteiger partial charge on any atom is -0.481 e. The molecule has 129 heavy (non-hydrogen) atoms. The molecule has 0 aliphatic heterocycles. The highest BCUT2D eigenvalue weighted by Crippen LogP contribution is 2.32. The van der Waals surface area contributed by atoms with Crippen LogP contribution in [0.5, 0.6) is 5.88 Å². The van der Waals surface area contributed by atoms with Gasteiger partial charge in [-0.1, -0.05) is 265 Å². The number of aryl methyl sites for hydroxylation is 4. The van der Waals surface area contributed by atoms with Crippen LogP contribution < -0.4 is 30.1 Å². The highest BCUT2D eigenvalue weighted by molar-refractivity contribution is 6.29. The van der Waals surface area contributed by atoms with Crippen LogP contribution in [0.25, 0.3) is 44.5 Å². The van der Waals surface area contributed by atoms with Gasteiger partial charge in [-0.15, -0.1) is 0 Å². The summed E-state index contributed by atoms with van der Waals surface area (Å²) in [7, 11) is 1.58. The number of anilines is 5. The topological polar surface area (TPSA) is 236 Å². The Bertz CT molecular complexity index is 5170. The highest BCUT2D eigenvalue weighted by atomic mass is 35.5. The van der Waals surface area contributed by atoms with Gasteiger partial charge >= 0.3 is 0 Å². The van der Waals surface area contributed by atoms with E-state index in [2.05, 4.69) is 75.3 Å². The zero-order chi connectivity index (χ0) is 93.1. The van der Waals surface area contributed by atoms with Gasteiger partial charge in [0.25, 0.3) is 0 Å². The molecule has 0 atom stereocenters. The van der Waals surface area contributed by atoms with Crippen LogP contribution in [-0.4, -0.2) is 100.0 Å². The lowest BCUT2D eigenvalue weighted by atomic mass is 9.99. The van der Waals surface area contributed by atoms with E-state index in [4.69, 9.17) is 22.1 Å². The maximum absolute atomic E-state index is 12.9. The maximum atomic E-state index is 12.9. The molecular formula is C109H121ClFN9O9. The number of nitrogens with zero attached hydrogens (tertiary/aromatic N) is 8. The lowest BCUT2D eigenvalue weighted by Crippen LogP contribution is -2.33. The zero-order valence-corrected chi connectivity index (χ0v) is 77.4. The Morgan fingerprint density at radius 1 is 0.310 bits per heavy atom. The average Bonchev–Trinajstić information content (AvgIpc) is 0.837. The number of carbonyl (C=O) groups excluding carboxylic acids is 8. The average molecular weight is 1760 g/mol. The van der Waals surface area contributed by atoms with Crippen LogP contribution in [0.4, 0.5) is 33.0 Å². The smallest absolute Gasteiger partial charge is 0.226 e. The number of halogens is 2. The van der Waals surface area contributed by atoms with Crippen molar-refractivity contribution in [1.29, 1.82) is 0 Å². The summed E-state index contributed by atoms with van der Waals surface area (Å²) < 4.78 is 18.0. The molecule has 12 rings (SSSR count). The Balaban J connectivity index is 0.000000194. The molecule has 0 unspecified atom stereocenters. The number of ether oxygens (including phenoxy) is 1. The van der Waals surface area contributed by atoms with E-state index in [0.717, 1.165) is 89.5 Å². The van der Waals surface area contributed by atoms with E-state index in [9.17, 15) is 42.7 Å². The molecular weight excluding hydrogens is 1630 g/mol. The summed E-state index contributed by atoms with van der Waals surface area (Å²) in [6, 6.07) is 76.6. The molecule has 0 bridgehead atoms. The van der Waals surface area contributed by atoms with Crippen molar-refractivity contribution in [3.63, 3.8) is 0 Å². The predicted molar refractivity (Wildman–Crippen MR) is 521 cm³/mol. The molecule has 4 heterocycles. The van der Waals surface area contributed by atoms with Crippen LogP contribution in [-0.2, 0) is 44.9 Å². The quantitative estimate of drug-likeness (QED) is 0.0282. The molecule has 0 spiro atoms. The molecule has 20 heteroatoms. The second-order valence-electron chi connectivity index (χ2n) is 33.5. The lowest BCUT2D eigenvalue weighted by molar-refractivity contribution is -0.119. The van der Waals surface area contributed by atoms with Gasteiger partial charge in [0, 0.05) is 153 Å². The normalized spacial score (nSPS) is 10.9. The molecule has 4 amide bonds. The fourth-order valence-corrected chi connectivity index (χ4v) is 14.5. The number of methoxy groups -OCH3 is 1. The van der Waals surface area contributed by atoms with Crippen molar-refractivity contribution in [1.82, 2.24) is 19.9 Å². The second kappa shape index (κ2) is 50.3. The molecule has 0 radical (unpaired) electrons. The lowest BCUT2D eigenvalue weighted by Gasteiger charge is -2.24. The first-order valence-corrected chi connectivity index (χ1v) is 45.0. The molecule has 18 nitrogen and oxygen atoms in total. The summed E-state index contributed by atoms with van der Waals surface area (Å²) >= 11 is 5.80. The third-order valence-electron chi connectivity index (χ3n) is 21.5. The summed E-state index contributed by atoms with van der Waals surface area (Å²) in [5, 5.41) is 0.452. The van der Waals surface area contributed by atoms with E-state index in [1.807, 2.05) is 260 Å². The van der Waals surface area contributed by atoms with Crippen molar-refractivity contribution in [3.8, 4) is 50.4 Å². The van der Waals surface area contributed by atoms with Crippen molar-refractivity contribution < 1.29 is 47.5 Å². The Kier molecular flexibility index (Phi) is 38.8. The van der Waals surface area contributed by atoms with Crippen molar-refractivity contribution >= 4 is 86.9 Å². The highest BCUT2D eigenvalue weighted by Gasteiger charge is 2.22. The molecule has 0 fully saturated rings. The Morgan fingerprint density at radius 3 is 0.744 bits per heavy atom.